The van der Waals surface area contributed by atoms with Gasteiger partial charge < -0.3 is 0 Å². The normalized spacial score (nSPS) is 20.9. The lowest BCUT2D eigenvalue weighted by Gasteiger charge is -2.50. The van der Waals surface area contributed by atoms with Crippen molar-refractivity contribution in [3.8, 4) is 0 Å². The zero-order chi connectivity index (χ0) is 38.2. The molecule has 3 fully saturated rings. The van der Waals surface area contributed by atoms with Crippen molar-refractivity contribution in [2.24, 2.45) is 16.2 Å². The summed E-state index contributed by atoms with van der Waals surface area (Å²) in [5.74, 6) is 0. The number of rotatable bonds is 0. The molecule has 0 amide bonds. The number of hydrogen-bond donors (Lipinski definition) is 0. The Morgan fingerprint density at radius 2 is 0.472 bits per heavy atom. The van der Waals surface area contributed by atoms with Gasteiger partial charge in [-0.3, -0.25) is 14.7 Å². The maximum Gasteiger partial charge on any atom is 0.0149 e. The molecule has 0 saturated carbocycles. The Bertz CT molecular complexity index is 651. The highest BCUT2D eigenvalue weighted by atomic mass is 32.1. The highest BCUT2D eigenvalue weighted by Crippen LogP contribution is 2.38. The standard InChI is InChI=1S/2C13H27N.C12H25N.3C2H6.3CH4.3H2S/c2*1-12(2,3)11-9-7-8-10-14(11)13(4,5)6;1-11(2,3)10-8-7-9-13(10)12(4,5)6;3*1-2;;;;;;/h2*11H,7-10H2,1-6H3;10H,7-9H2,1-6H3;3*1-2H3;3*1H4;3*1H2. The molecule has 3 aliphatic heterocycles. The third kappa shape index (κ3) is 28.9. The van der Waals surface area contributed by atoms with Crippen molar-refractivity contribution in [3.63, 3.8) is 0 Å². The quantitative estimate of drug-likeness (QED) is 0.241. The van der Waals surface area contributed by atoms with Gasteiger partial charge in [0, 0.05) is 34.7 Å². The molecule has 0 aromatic carbocycles. The van der Waals surface area contributed by atoms with Gasteiger partial charge >= 0.3 is 0 Å². The van der Waals surface area contributed by atoms with Crippen LogP contribution >= 0.6 is 40.5 Å². The van der Waals surface area contributed by atoms with E-state index in [0.29, 0.717) is 32.9 Å². The van der Waals surface area contributed by atoms with Crippen LogP contribution in [-0.2, 0) is 0 Å². The Hall–Kier alpha value is 0.930. The van der Waals surface area contributed by atoms with Crippen LogP contribution in [0, 0.1) is 16.2 Å². The summed E-state index contributed by atoms with van der Waals surface area (Å²) in [6, 6.07) is 2.29. The molecule has 0 bridgehead atoms. The first kappa shape index (κ1) is 74.8. The van der Waals surface area contributed by atoms with Crippen LogP contribution in [0.5, 0.6) is 0 Å². The van der Waals surface area contributed by atoms with E-state index in [1.54, 1.807) is 0 Å². The molecule has 0 radical (unpaired) electrons. The summed E-state index contributed by atoms with van der Waals surface area (Å²) in [5, 5.41) is 0. The Labute approximate surface area is 363 Å². The van der Waals surface area contributed by atoms with Crippen LogP contribution in [0.3, 0.4) is 0 Å². The Morgan fingerprint density at radius 1 is 0.302 bits per heavy atom. The van der Waals surface area contributed by atoms with Crippen molar-refractivity contribution in [2.75, 3.05) is 19.6 Å². The molecule has 3 unspecified atom stereocenters. The van der Waals surface area contributed by atoms with E-state index in [1.165, 1.54) is 71.0 Å². The van der Waals surface area contributed by atoms with Crippen LogP contribution in [0.15, 0.2) is 0 Å². The minimum Gasteiger partial charge on any atom is -0.295 e. The van der Waals surface area contributed by atoms with Crippen LogP contribution in [-0.4, -0.2) is 69.1 Å². The lowest BCUT2D eigenvalue weighted by molar-refractivity contribution is -0.00416. The molecule has 0 spiro atoms. The number of hydrogen-bond acceptors (Lipinski definition) is 3. The van der Waals surface area contributed by atoms with Crippen LogP contribution in [0.2, 0.25) is 0 Å². The van der Waals surface area contributed by atoms with Gasteiger partial charge in [0.1, 0.15) is 0 Å². The van der Waals surface area contributed by atoms with Gasteiger partial charge in [-0.25, -0.2) is 0 Å². The summed E-state index contributed by atoms with van der Waals surface area (Å²) >= 11 is 0. The van der Waals surface area contributed by atoms with E-state index in [2.05, 4.69) is 139 Å². The smallest absolute Gasteiger partial charge is 0.0149 e. The summed E-state index contributed by atoms with van der Waals surface area (Å²) in [4.78, 5) is 8.08. The zero-order valence-electron chi connectivity index (χ0n) is 39.4. The second-order valence-corrected chi connectivity index (χ2v) is 19.9. The minimum absolute atomic E-state index is 0. The first-order valence-electron chi connectivity index (χ1n) is 20.5. The van der Waals surface area contributed by atoms with Gasteiger partial charge in [-0.1, -0.05) is 139 Å². The monoisotopic (exact) mass is 818 g/mol. The fourth-order valence-electron chi connectivity index (χ4n) is 7.74. The molecule has 0 aromatic rings. The summed E-state index contributed by atoms with van der Waals surface area (Å²) in [6.45, 7) is 58.3. The highest BCUT2D eigenvalue weighted by Gasteiger charge is 2.40. The van der Waals surface area contributed by atoms with E-state index in [4.69, 9.17) is 0 Å². The first-order valence-corrected chi connectivity index (χ1v) is 20.5. The average Bonchev–Trinajstić information content (AvgIpc) is 3.48. The number of piperidine rings is 2. The van der Waals surface area contributed by atoms with E-state index in [-0.39, 0.29) is 62.8 Å². The van der Waals surface area contributed by atoms with Crippen LogP contribution in [0.1, 0.15) is 240 Å². The molecule has 0 aliphatic carbocycles. The van der Waals surface area contributed by atoms with Crippen LogP contribution < -0.4 is 0 Å². The molecule has 3 atom stereocenters. The molecule has 3 aliphatic rings. The largest absolute Gasteiger partial charge is 0.295 e. The van der Waals surface area contributed by atoms with E-state index >= 15 is 0 Å². The van der Waals surface area contributed by atoms with E-state index in [1.807, 2.05) is 41.5 Å². The van der Waals surface area contributed by atoms with Crippen molar-refractivity contribution in [2.45, 2.75) is 275 Å². The molecule has 3 heterocycles. The fourth-order valence-corrected chi connectivity index (χ4v) is 7.74. The topological polar surface area (TPSA) is 9.72 Å². The Kier molecular flexibility index (Phi) is 46.4. The molecular formula is C47H115N3S3. The van der Waals surface area contributed by atoms with Gasteiger partial charge in [-0.2, -0.15) is 40.5 Å². The molecule has 3 saturated heterocycles. The van der Waals surface area contributed by atoms with E-state index in [0.717, 1.165) is 18.1 Å². The van der Waals surface area contributed by atoms with Crippen molar-refractivity contribution in [1.82, 2.24) is 14.7 Å². The highest BCUT2D eigenvalue weighted by molar-refractivity contribution is 7.59. The first-order chi connectivity index (χ1) is 21.2. The summed E-state index contributed by atoms with van der Waals surface area (Å²) in [6.07, 6.45) is 11.1. The minimum atomic E-state index is 0. The van der Waals surface area contributed by atoms with E-state index in [9.17, 15) is 0 Å². The molecule has 53 heavy (non-hydrogen) atoms. The van der Waals surface area contributed by atoms with Gasteiger partial charge in [0.25, 0.3) is 0 Å². The van der Waals surface area contributed by atoms with Crippen molar-refractivity contribution >= 4 is 40.5 Å². The predicted octanol–water partition coefficient (Wildman–Crippen LogP) is 16.0. The molecule has 3 nitrogen and oxygen atoms in total. The third-order valence-corrected chi connectivity index (χ3v) is 9.84. The van der Waals surface area contributed by atoms with Gasteiger partial charge in [-0.15, -0.1) is 0 Å². The number of nitrogens with zero attached hydrogens (tertiary/aromatic N) is 3. The molecular weight excluding hydrogens is 703 g/mol. The fraction of sp³-hybridized carbons (Fsp3) is 1.00. The Morgan fingerprint density at radius 3 is 0.623 bits per heavy atom. The predicted molar refractivity (Wildman–Crippen MR) is 271 cm³/mol. The summed E-state index contributed by atoms with van der Waals surface area (Å²) < 4.78 is 0. The second-order valence-electron chi connectivity index (χ2n) is 19.9. The lowest BCUT2D eigenvalue weighted by atomic mass is 9.78. The maximum atomic E-state index is 2.70. The Balaban J connectivity index is -0.0000000693. The van der Waals surface area contributed by atoms with Gasteiger partial charge in [0.2, 0.25) is 0 Å². The van der Waals surface area contributed by atoms with Crippen molar-refractivity contribution < 1.29 is 0 Å². The summed E-state index contributed by atoms with van der Waals surface area (Å²) in [5.41, 5.74) is 2.29. The van der Waals surface area contributed by atoms with Crippen molar-refractivity contribution in [3.05, 3.63) is 0 Å². The third-order valence-electron chi connectivity index (χ3n) is 9.84. The van der Waals surface area contributed by atoms with Gasteiger partial charge in [0.15, 0.2) is 0 Å². The van der Waals surface area contributed by atoms with Crippen LogP contribution in [0.25, 0.3) is 0 Å². The SMILES string of the molecule is C.C.C.CC.CC.CC.CC(C)(C)C1CCCCN1C(C)(C)C.CC(C)(C)C1CCCCN1C(C)(C)C.CC(C)(C)C1CCCN1C(C)(C)C.S.S.S. The lowest BCUT2D eigenvalue weighted by Crippen LogP contribution is -2.55. The molecule has 0 N–H and O–H groups in total. The summed E-state index contributed by atoms with van der Waals surface area (Å²) in [7, 11) is 0. The van der Waals surface area contributed by atoms with E-state index < -0.39 is 0 Å². The molecule has 0 aromatic heterocycles. The van der Waals surface area contributed by atoms with Gasteiger partial charge in [0.05, 0.1) is 0 Å². The molecule has 336 valence electrons. The molecule has 3 rings (SSSR count). The van der Waals surface area contributed by atoms with Crippen LogP contribution in [0.4, 0.5) is 0 Å². The second kappa shape index (κ2) is 32.8. The van der Waals surface area contributed by atoms with Crippen molar-refractivity contribution in [1.29, 1.82) is 0 Å². The maximum absolute atomic E-state index is 2.70. The zero-order valence-corrected chi connectivity index (χ0v) is 42.4. The average molecular weight is 819 g/mol. The number of likely N-dealkylation sites (tertiary alicyclic amines) is 3. The van der Waals surface area contributed by atoms with Gasteiger partial charge in [-0.05, 0) is 137 Å². The molecule has 6 heteroatoms.